The number of hydrogen-bond donors (Lipinski definition) is 0. The first kappa shape index (κ1) is 12.9. The molecule has 1 aromatic carbocycles. The lowest BCUT2D eigenvalue weighted by atomic mass is 10.2. The molecule has 0 saturated carbocycles. The van der Waals surface area contributed by atoms with Crippen molar-refractivity contribution in [3.05, 3.63) is 45.2 Å². The smallest absolute Gasteiger partial charge is 0.226 e. The summed E-state index contributed by atoms with van der Waals surface area (Å²) >= 11 is 2.27. The monoisotopic (exact) mass is 370 g/mol. The first-order chi connectivity index (χ1) is 9.24. The van der Waals surface area contributed by atoms with Crippen LogP contribution in [-0.4, -0.2) is 22.5 Å². The fourth-order valence-corrected chi connectivity index (χ4v) is 2.65. The Labute approximate surface area is 125 Å². The van der Waals surface area contributed by atoms with Crippen molar-refractivity contribution in [1.82, 2.24) is 9.78 Å². The summed E-state index contributed by atoms with van der Waals surface area (Å²) in [6.07, 6.45) is 0.0582. The summed E-state index contributed by atoms with van der Waals surface area (Å²) in [5, 5.41) is 4.46. The van der Waals surface area contributed by atoms with Crippen molar-refractivity contribution in [3.8, 4) is 5.88 Å². The highest BCUT2D eigenvalue weighted by molar-refractivity contribution is 14.1. The molecular weight excluding hydrogens is 355 g/mol. The molecule has 0 radical (unpaired) electrons. The maximum Gasteiger partial charge on any atom is 0.226 e. The first-order valence-electron chi connectivity index (χ1n) is 6.25. The number of aryl methyl sites for hydroxylation is 1. The van der Waals surface area contributed by atoms with E-state index in [1.807, 2.05) is 29.8 Å². The van der Waals surface area contributed by atoms with Gasteiger partial charge in [-0.05, 0) is 35.1 Å². The van der Waals surface area contributed by atoms with Crippen LogP contribution < -0.4 is 4.74 Å². The lowest BCUT2D eigenvalue weighted by Crippen LogP contribution is -2.32. The van der Waals surface area contributed by atoms with Crippen molar-refractivity contribution >= 4 is 22.6 Å². The molecule has 0 spiro atoms. The molecule has 1 atom stereocenters. The van der Waals surface area contributed by atoms with Gasteiger partial charge < -0.3 is 9.47 Å². The lowest BCUT2D eigenvalue weighted by molar-refractivity contribution is -0.0220. The van der Waals surface area contributed by atoms with Gasteiger partial charge in [0, 0.05) is 0 Å². The second-order valence-corrected chi connectivity index (χ2v) is 5.70. The van der Waals surface area contributed by atoms with Gasteiger partial charge in [0.05, 0.1) is 22.4 Å². The standard InChI is InChI=1S/C14H15IN2O2/c1-10-13(15)14-17(16-10)7-12(9-19-14)18-8-11-5-3-2-4-6-11/h2-6,12H,7-9H2,1H3/t12-/m1/s1. The van der Waals surface area contributed by atoms with Crippen LogP contribution in [0.5, 0.6) is 5.88 Å². The number of halogens is 1. The van der Waals surface area contributed by atoms with Crippen molar-refractivity contribution in [2.75, 3.05) is 6.61 Å². The molecule has 0 unspecified atom stereocenters. The maximum absolute atomic E-state index is 5.89. The van der Waals surface area contributed by atoms with Gasteiger partial charge in [-0.15, -0.1) is 0 Å². The molecule has 100 valence electrons. The van der Waals surface area contributed by atoms with E-state index < -0.39 is 0 Å². The topological polar surface area (TPSA) is 36.3 Å². The number of ether oxygens (including phenoxy) is 2. The highest BCUT2D eigenvalue weighted by atomic mass is 127. The second-order valence-electron chi connectivity index (χ2n) is 4.62. The molecule has 0 bridgehead atoms. The predicted octanol–water partition coefficient (Wildman–Crippen LogP) is 2.77. The van der Waals surface area contributed by atoms with Gasteiger partial charge in [-0.25, -0.2) is 4.68 Å². The van der Waals surface area contributed by atoms with E-state index in [4.69, 9.17) is 9.47 Å². The van der Waals surface area contributed by atoms with Gasteiger partial charge >= 0.3 is 0 Å². The van der Waals surface area contributed by atoms with Crippen LogP contribution in [0.3, 0.4) is 0 Å². The van der Waals surface area contributed by atoms with Crippen molar-refractivity contribution in [1.29, 1.82) is 0 Å². The summed E-state index contributed by atoms with van der Waals surface area (Å²) in [4.78, 5) is 0. The van der Waals surface area contributed by atoms with Gasteiger partial charge in [-0.2, -0.15) is 5.10 Å². The zero-order valence-corrected chi connectivity index (χ0v) is 12.8. The Morgan fingerprint density at radius 2 is 2.21 bits per heavy atom. The average molecular weight is 370 g/mol. The zero-order chi connectivity index (χ0) is 13.2. The minimum absolute atomic E-state index is 0.0582. The van der Waals surface area contributed by atoms with Crippen LogP contribution in [0.1, 0.15) is 11.3 Å². The minimum Gasteiger partial charge on any atom is -0.474 e. The molecule has 2 heterocycles. The van der Waals surface area contributed by atoms with Crippen molar-refractivity contribution in [2.24, 2.45) is 0 Å². The molecule has 1 aliphatic rings. The first-order valence-corrected chi connectivity index (χ1v) is 7.33. The summed E-state index contributed by atoms with van der Waals surface area (Å²) in [7, 11) is 0. The number of aromatic nitrogens is 2. The van der Waals surface area contributed by atoms with Gasteiger partial charge in [0.15, 0.2) is 0 Å². The average Bonchev–Trinajstić information content (AvgIpc) is 2.73. The van der Waals surface area contributed by atoms with Crippen LogP contribution in [-0.2, 0) is 17.9 Å². The van der Waals surface area contributed by atoms with Crippen LogP contribution in [0.2, 0.25) is 0 Å². The predicted molar refractivity (Wildman–Crippen MR) is 80.2 cm³/mol. The van der Waals surface area contributed by atoms with Crippen LogP contribution >= 0.6 is 22.6 Å². The highest BCUT2D eigenvalue weighted by Crippen LogP contribution is 2.27. The number of nitrogens with zero attached hydrogens (tertiary/aromatic N) is 2. The fourth-order valence-electron chi connectivity index (χ4n) is 2.11. The maximum atomic E-state index is 5.89. The molecule has 3 rings (SSSR count). The Hall–Kier alpha value is -1.08. The molecule has 0 fully saturated rings. The Morgan fingerprint density at radius 3 is 3.00 bits per heavy atom. The summed E-state index contributed by atoms with van der Waals surface area (Å²) in [5.74, 6) is 0.873. The van der Waals surface area contributed by atoms with Crippen LogP contribution in [0, 0.1) is 10.5 Å². The molecule has 2 aromatic rings. The van der Waals surface area contributed by atoms with Gasteiger partial charge in [0.25, 0.3) is 0 Å². The quantitative estimate of drug-likeness (QED) is 0.780. The lowest BCUT2D eigenvalue weighted by Gasteiger charge is -2.24. The largest absolute Gasteiger partial charge is 0.474 e. The molecule has 4 nitrogen and oxygen atoms in total. The Bertz CT molecular complexity index is 568. The van der Waals surface area contributed by atoms with E-state index in [1.54, 1.807) is 0 Å². The third kappa shape index (κ3) is 2.76. The van der Waals surface area contributed by atoms with Crippen LogP contribution in [0.4, 0.5) is 0 Å². The Kier molecular flexibility index (Phi) is 3.74. The van der Waals surface area contributed by atoms with Crippen molar-refractivity contribution in [3.63, 3.8) is 0 Å². The third-order valence-corrected chi connectivity index (χ3v) is 4.36. The Morgan fingerprint density at radius 1 is 1.42 bits per heavy atom. The van der Waals surface area contributed by atoms with Crippen LogP contribution in [0.25, 0.3) is 0 Å². The number of hydrogen-bond acceptors (Lipinski definition) is 3. The SMILES string of the molecule is Cc1nn2c(c1I)OC[C@H](OCc1ccccc1)C2. The van der Waals surface area contributed by atoms with E-state index in [2.05, 4.69) is 39.8 Å². The highest BCUT2D eigenvalue weighted by Gasteiger charge is 2.24. The molecule has 0 amide bonds. The van der Waals surface area contributed by atoms with Crippen LogP contribution in [0.15, 0.2) is 30.3 Å². The molecular formula is C14H15IN2O2. The molecule has 0 saturated heterocycles. The van der Waals surface area contributed by atoms with E-state index in [0.29, 0.717) is 13.2 Å². The van der Waals surface area contributed by atoms with E-state index in [0.717, 1.165) is 21.7 Å². The summed E-state index contributed by atoms with van der Waals surface area (Å²) in [6, 6.07) is 10.2. The minimum atomic E-state index is 0.0582. The molecule has 19 heavy (non-hydrogen) atoms. The molecule has 5 heteroatoms. The normalized spacial score (nSPS) is 17.9. The molecule has 1 aliphatic heterocycles. The van der Waals surface area contributed by atoms with E-state index in [1.165, 1.54) is 5.56 Å². The van der Waals surface area contributed by atoms with Crippen molar-refractivity contribution in [2.45, 2.75) is 26.2 Å². The Balaban J connectivity index is 1.63. The van der Waals surface area contributed by atoms with E-state index in [-0.39, 0.29) is 6.10 Å². The molecule has 1 aromatic heterocycles. The van der Waals surface area contributed by atoms with Gasteiger partial charge in [0.1, 0.15) is 12.7 Å². The number of benzene rings is 1. The summed E-state index contributed by atoms with van der Waals surface area (Å²) < 4.78 is 14.6. The van der Waals surface area contributed by atoms with E-state index >= 15 is 0 Å². The summed E-state index contributed by atoms with van der Waals surface area (Å²) in [5.41, 5.74) is 2.19. The number of fused-ring (bicyclic) bond motifs is 1. The fraction of sp³-hybridized carbons (Fsp3) is 0.357. The zero-order valence-electron chi connectivity index (χ0n) is 10.7. The van der Waals surface area contributed by atoms with Gasteiger partial charge in [-0.3, -0.25) is 0 Å². The van der Waals surface area contributed by atoms with Crippen molar-refractivity contribution < 1.29 is 9.47 Å². The summed E-state index contributed by atoms with van der Waals surface area (Å²) in [6.45, 7) is 3.96. The van der Waals surface area contributed by atoms with E-state index in [9.17, 15) is 0 Å². The molecule has 0 N–H and O–H groups in total. The second kappa shape index (κ2) is 5.50. The number of rotatable bonds is 3. The van der Waals surface area contributed by atoms with Gasteiger partial charge in [0.2, 0.25) is 5.88 Å². The molecule has 0 aliphatic carbocycles. The third-order valence-electron chi connectivity index (χ3n) is 3.12. The van der Waals surface area contributed by atoms with Gasteiger partial charge in [-0.1, -0.05) is 30.3 Å².